The summed E-state index contributed by atoms with van der Waals surface area (Å²) in [7, 11) is 0. The van der Waals surface area contributed by atoms with E-state index in [0.717, 1.165) is 0 Å². The van der Waals surface area contributed by atoms with E-state index in [4.69, 9.17) is 22.6 Å². The van der Waals surface area contributed by atoms with E-state index in [1.165, 1.54) is 12.3 Å². The van der Waals surface area contributed by atoms with Crippen LogP contribution in [-0.4, -0.2) is 4.98 Å². The quantitative estimate of drug-likeness (QED) is 0.609. The smallest absolute Gasteiger partial charge is 0.164 e. The number of pyridine rings is 1. The number of nitrogens with two attached hydrogens (primary N) is 1. The second-order valence-electron chi connectivity index (χ2n) is 1.67. The average molecular weight is 154 g/mol. The zero-order valence-electron chi connectivity index (χ0n) is 5.00. The van der Waals surface area contributed by atoms with Gasteiger partial charge in [-0.2, -0.15) is 5.26 Å². The van der Waals surface area contributed by atoms with Gasteiger partial charge in [0, 0.05) is 6.20 Å². The summed E-state index contributed by atoms with van der Waals surface area (Å²) in [4.78, 5) is 3.69. The number of nitrogen functional groups attached to an aromatic ring is 1. The summed E-state index contributed by atoms with van der Waals surface area (Å²) >= 11 is 5.58. The molecule has 4 heteroatoms. The van der Waals surface area contributed by atoms with Crippen molar-refractivity contribution >= 4 is 17.3 Å². The van der Waals surface area contributed by atoms with Gasteiger partial charge in [0.25, 0.3) is 0 Å². The number of rotatable bonds is 0. The Morgan fingerprint density at radius 1 is 1.70 bits per heavy atom. The minimum Gasteiger partial charge on any atom is -0.395 e. The Hall–Kier alpha value is -1.27. The lowest BCUT2D eigenvalue weighted by atomic mass is 10.3. The van der Waals surface area contributed by atoms with Crippen LogP contribution in [0.4, 0.5) is 5.69 Å². The second kappa shape index (κ2) is 2.54. The maximum Gasteiger partial charge on any atom is 0.164 e. The number of anilines is 1. The molecule has 0 spiro atoms. The van der Waals surface area contributed by atoms with Crippen molar-refractivity contribution in [2.24, 2.45) is 0 Å². The molecular weight excluding hydrogens is 150 g/mol. The number of hydrogen-bond acceptors (Lipinski definition) is 3. The molecule has 2 N–H and O–H groups in total. The van der Waals surface area contributed by atoms with Gasteiger partial charge in [-0.15, -0.1) is 0 Å². The van der Waals surface area contributed by atoms with Gasteiger partial charge in [0.1, 0.15) is 6.07 Å². The van der Waals surface area contributed by atoms with Gasteiger partial charge in [-0.1, -0.05) is 11.6 Å². The maximum absolute atomic E-state index is 8.39. The van der Waals surface area contributed by atoms with Crippen molar-refractivity contribution < 1.29 is 0 Å². The molecule has 0 atom stereocenters. The SMILES string of the molecule is N#Cc1nccc(Cl)c1N. The van der Waals surface area contributed by atoms with Crippen LogP contribution >= 0.6 is 11.6 Å². The van der Waals surface area contributed by atoms with Gasteiger partial charge in [-0.25, -0.2) is 4.98 Å². The molecule has 0 aromatic carbocycles. The van der Waals surface area contributed by atoms with Crippen LogP contribution in [0.5, 0.6) is 0 Å². The van der Waals surface area contributed by atoms with E-state index in [1.54, 1.807) is 0 Å². The number of nitrogens with zero attached hydrogens (tertiary/aromatic N) is 2. The predicted octanol–water partition coefficient (Wildman–Crippen LogP) is 1.19. The molecule has 1 aromatic rings. The molecule has 0 saturated heterocycles. The standard InChI is InChI=1S/C6H4ClN3/c7-4-1-2-10-5(3-8)6(4)9/h1-2H,9H2. The molecule has 0 fully saturated rings. The van der Waals surface area contributed by atoms with Gasteiger partial charge in [-0.3, -0.25) is 0 Å². The minimum absolute atomic E-state index is 0.174. The summed E-state index contributed by atoms with van der Waals surface area (Å²) in [5, 5.41) is 8.76. The molecule has 1 aromatic heterocycles. The number of halogens is 1. The zero-order valence-corrected chi connectivity index (χ0v) is 5.76. The third-order valence-corrected chi connectivity index (χ3v) is 1.37. The minimum atomic E-state index is 0.174. The summed E-state index contributed by atoms with van der Waals surface area (Å²) in [6.07, 6.45) is 1.44. The van der Waals surface area contributed by atoms with Gasteiger partial charge in [0.15, 0.2) is 5.69 Å². The molecule has 0 amide bonds. The van der Waals surface area contributed by atoms with E-state index >= 15 is 0 Å². The van der Waals surface area contributed by atoms with E-state index in [2.05, 4.69) is 4.98 Å². The van der Waals surface area contributed by atoms with Gasteiger partial charge in [0.2, 0.25) is 0 Å². The Kier molecular flexibility index (Phi) is 1.74. The van der Waals surface area contributed by atoms with Gasteiger partial charge >= 0.3 is 0 Å². The molecule has 0 radical (unpaired) electrons. The Labute approximate surface area is 63.1 Å². The van der Waals surface area contributed by atoms with Gasteiger partial charge < -0.3 is 5.73 Å². The fourth-order valence-corrected chi connectivity index (χ4v) is 0.685. The molecular formula is C6H4ClN3. The normalized spacial score (nSPS) is 8.80. The third-order valence-electron chi connectivity index (χ3n) is 1.04. The van der Waals surface area contributed by atoms with Crippen molar-refractivity contribution in [3.63, 3.8) is 0 Å². The zero-order chi connectivity index (χ0) is 7.56. The molecule has 0 unspecified atom stereocenters. The van der Waals surface area contributed by atoms with Crippen molar-refractivity contribution in [1.29, 1.82) is 5.26 Å². The molecule has 0 aliphatic carbocycles. The Morgan fingerprint density at radius 3 is 2.90 bits per heavy atom. The molecule has 50 valence electrons. The largest absolute Gasteiger partial charge is 0.395 e. The van der Waals surface area contributed by atoms with Crippen LogP contribution in [0.15, 0.2) is 12.3 Å². The number of aromatic nitrogens is 1. The Bertz CT molecular complexity index is 290. The molecule has 0 aliphatic rings. The van der Waals surface area contributed by atoms with Crippen molar-refractivity contribution in [1.82, 2.24) is 4.98 Å². The highest BCUT2D eigenvalue weighted by atomic mass is 35.5. The fourth-order valence-electron chi connectivity index (χ4n) is 0.539. The first kappa shape index (κ1) is 6.84. The van der Waals surface area contributed by atoms with Crippen molar-refractivity contribution in [3.8, 4) is 6.07 Å². The van der Waals surface area contributed by atoms with Crippen LogP contribution in [0.1, 0.15) is 5.69 Å². The summed E-state index contributed by atoms with van der Waals surface area (Å²) in [5.74, 6) is 0. The predicted molar refractivity (Wildman–Crippen MR) is 38.4 cm³/mol. The lowest BCUT2D eigenvalue weighted by Crippen LogP contribution is -1.93. The Balaban J connectivity index is 3.31. The molecule has 0 bridgehead atoms. The van der Waals surface area contributed by atoms with Gasteiger partial charge in [0.05, 0.1) is 10.7 Å². The van der Waals surface area contributed by atoms with Crippen molar-refractivity contribution in [2.75, 3.05) is 5.73 Å². The van der Waals surface area contributed by atoms with Crippen LogP contribution in [0.2, 0.25) is 5.02 Å². The first-order valence-electron chi connectivity index (χ1n) is 2.56. The first-order chi connectivity index (χ1) is 4.75. The van der Waals surface area contributed by atoms with Crippen molar-refractivity contribution in [2.45, 2.75) is 0 Å². The van der Waals surface area contributed by atoms with E-state index < -0.39 is 0 Å². The molecule has 1 rings (SSSR count). The number of hydrogen-bond donors (Lipinski definition) is 1. The summed E-state index contributed by atoms with van der Waals surface area (Å²) in [6.45, 7) is 0. The van der Waals surface area contributed by atoms with E-state index in [0.29, 0.717) is 5.02 Å². The average Bonchev–Trinajstić information content (AvgIpc) is 1.95. The molecule has 3 nitrogen and oxygen atoms in total. The van der Waals surface area contributed by atoms with Crippen LogP contribution in [0.25, 0.3) is 0 Å². The molecule has 10 heavy (non-hydrogen) atoms. The number of nitriles is 1. The lowest BCUT2D eigenvalue weighted by Gasteiger charge is -1.95. The summed E-state index contributed by atoms with van der Waals surface area (Å²) in [6, 6.07) is 3.35. The molecule has 1 heterocycles. The van der Waals surface area contributed by atoms with E-state index in [9.17, 15) is 0 Å². The highest BCUT2D eigenvalue weighted by molar-refractivity contribution is 6.33. The van der Waals surface area contributed by atoms with E-state index in [-0.39, 0.29) is 11.4 Å². The molecule has 0 aliphatic heterocycles. The van der Waals surface area contributed by atoms with Crippen LogP contribution in [-0.2, 0) is 0 Å². The summed E-state index contributed by atoms with van der Waals surface area (Å²) in [5.41, 5.74) is 5.79. The highest BCUT2D eigenvalue weighted by Gasteiger charge is 2.01. The highest BCUT2D eigenvalue weighted by Crippen LogP contribution is 2.18. The Morgan fingerprint density at radius 2 is 2.40 bits per heavy atom. The topological polar surface area (TPSA) is 62.7 Å². The van der Waals surface area contributed by atoms with Crippen LogP contribution < -0.4 is 5.73 Å². The first-order valence-corrected chi connectivity index (χ1v) is 2.93. The fraction of sp³-hybridized carbons (Fsp3) is 0. The lowest BCUT2D eigenvalue weighted by molar-refractivity contribution is 1.27. The van der Waals surface area contributed by atoms with E-state index in [1.807, 2.05) is 6.07 Å². The van der Waals surface area contributed by atoms with Crippen molar-refractivity contribution in [3.05, 3.63) is 23.0 Å². The monoisotopic (exact) mass is 153 g/mol. The van der Waals surface area contributed by atoms with Gasteiger partial charge in [-0.05, 0) is 6.07 Å². The van der Waals surface area contributed by atoms with Crippen LogP contribution in [0.3, 0.4) is 0 Å². The summed E-state index contributed by atoms with van der Waals surface area (Å²) < 4.78 is 0. The third kappa shape index (κ3) is 1.02. The maximum atomic E-state index is 8.39. The second-order valence-corrected chi connectivity index (χ2v) is 2.07. The molecule has 0 saturated carbocycles. The van der Waals surface area contributed by atoms with Crippen LogP contribution in [0, 0.1) is 11.3 Å².